The van der Waals surface area contributed by atoms with Crippen LogP contribution >= 0.6 is 0 Å². The topological polar surface area (TPSA) is 96.4 Å². The predicted octanol–water partition coefficient (Wildman–Crippen LogP) is 2.49. The molecule has 1 aromatic carbocycles. The van der Waals surface area contributed by atoms with Gasteiger partial charge in [-0.1, -0.05) is 31.6 Å². The van der Waals surface area contributed by atoms with Gasteiger partial charge in [-0.15, -0.1) is 0 Å². The molecule has 8 nitrogen and oxygen atoms in total. The van der Waals surface area contributed by atoms with Crippen molar-refractivity contribution < 1.29 is 27.8 Å². The van der Waals surface area contributed by atoms with Crippen LogP contribution < -0.4 is 4.74 Å². The highest BCUT2D eigenvalue weighted by Crippen LogP contribution is 2.34. The molecule has 0 radical (unpaired) electrons. The van der Waals surface area contributed by atoms with E-state index in [1.807, 2.05) is 6.92 Å². The van der Waals surface area contributed by atoms with Crippen LogP contribution in [0.2, 0.25) is 0 Å². The molecule has 3 atom stereocenters. The van der Waals surface area contributed by atoms with E-state index in [0.29, 0.717) is 11.5 Å². The van der Waals surface area contributed by atoms with Gasteiger partial charge in [0.15, 0.2) is 0 Å². The van der Waals surface area contributed by atoms with E-state index in [9.17, 15) is 18.3 Å². The Kier molecular flexibility index (Phi) is 9.59. The summed E-state index contributed by atoms with van der Waals surface area (Å²) in [5.74, 6) is 6.85. The Labute approximate surface area is 209 Å². The zero-order valence-corrected chi connectivity index (χ0v) is 22.0. The molecule has 1 aliphatic carbocycles. The molecule has 1 saturated carbocycles. The van der Waals surface area contributed by atoms with Crippen molar-refractivity contribution in [1.82, 2.24) is 9.21 Å². The van der Waals surface area contributed by atoms with Gasteiger partial charge in [-0.25, -0.2) is 8.42 Å². The Bertz CT molecular complexity index is 1040. The number of benzene rings is 1. The Hall–Kier alpha value is -2.12. The van der Waals surface area contributed by atoms with Gasteiger partial charge in [0, 0.05) is 44.6 Å². The number of ether oxygens (including phenoxy) is 2. The lowest BCUT2D eigenvalue weighted by Gasteiger charge is -2.37. The minimum Gasteiger partial charge on any atom is -0.487 e. The number of fused-ring (bicyclic) bond motifs is 1. The highest BCUT2D eigenvalue weighted by molar-refractivity contribution is 7.89. The summed E-state index contributed by atoms with van der Waals surface area (Å²) in [6.45, 7) is 3.65. The fraction of sp³-hybridized carbons (Fsp3) is 0.654. The number of carbonyl (C=O) groups is 1. The van der Waals surface area contributed by atoms with Crippen molar-refractivity contribution in [3.8, 4) is 17.6 Å². The molecule has 0 bridgehead atoms. The molecule has 0 spiro atoms. The van der Waals surface area contributed by atoms with Crippen LogP contribution in [-0.2, 0) is 19.6 Å². The van der Waals surface area contributed by atoms with E-state index in [1.165, 1.54) is 48.1 Å². The molecule has 2 aliphatic rings. The van der Waals surface area contributed by atoms with Crippen molar-refractivity contribution in [3.05, 3.63) is 23.8 Å². The van der Waals surface area contributed by atoms with Crippen molar-refractivity contribution in [2.45, 2.75) is 63.0 Å². The lowest BCUT2D eigenvalue weighted by atomic mass is 10.0. The number of carbonyl (C=O) groups excluding carboxylic acids is 1. The summed E-state index contributed by atoms with van der Waals surface area (Å²) in [4.78, 5) is 13.9. The third kappa shape index (κ3) is 6.76. The molecule has 1 aromatic rings. The maximum Gasteiger partial charge on any atom is 0.248 e. The summed E-state index contributed by atoms with van der Waals surface area (Å²) in [7, 11) is -0.777. The van der Waals surface area contributed by atoms with Crippen LogP contribution in [0.3, 0.4) is 0 Å². The normalized spacial score (nSPS) is 23.2. The summed E-state index contributed by atoms with van der Waals surface area (Å²) in [6.07, 6.45) is 5.33. The van der Waals surface area contributed by atoms with Gasteiger partial charge in [0.25, 0.3) is 0 Å². The van der Waals surface area contributed by atoms with Crippen molar-refractivity contribution >= 4 is 15.9 Å². The maximum atomic E-state index is 13.6. The first-order valence-electron chi connectivity index (χ1n) is 12.3. The molecule has 194 valence electrons. The Morgan fingerprint density at radius 1 is 1.34 bits per heavy atom. The molecule has 0 aromatic heterocycles. The van der Waals surface area contributed by atoms with Crippen LogP contribution in [0.25, 0.3) is 0 Å². The third-order valence-corrected chi connectivity index (χ3v) is 8.93. The number of hydrogen-bond acceptors (Lipinski definition) is 6. The standard InChI is InChI=1S/C26H38N2O6S/c1-19-15-28(20(2)17-29)35(31,32)25-13-12-22(11-7-10-21-8-5-6-9-21)14-23(25)34-24(19)16-27(3)26(30)18-33-4/h12-14,19-21,24,29H,5-6,8-10,15-18H2,1-4H3/t19-,20+,24-/m1/s1. The molecular formula is C26H38N2O6S. The van der Waals surface area contributed by atoms with Gasteiger partial charge in [-0.3, -0.25) is 4.79 Å². The molecular weight excluding hydrogens is 468 g/mol. The first-order chi connectivity index (χ1) is 16.7. The fourth-order valence-corrected chi connectivity index (χ4v) is 6.46. The summed E-state index contributed by atoms with van der Waals surface area (Å²) >= 11 is 0. The molecule has 1 fully saturated rings. The molecule has 0 unspecified atom stereocenters. The summed E-state index contributed by atoms with van der Waals surface area (Å²) < 4.78 is 39.7. The van der Waals surface area contributed by atoms with Gasteiger partial charge in [0.05, 0.1) is 13.2 Å². The first kappa shape index (κ1) is 27.5. The Morgan fingerprint density at radius 2 is 2.06 bits per heavy atom. The smallest absolute Gasteiger partial charge is 0.248 e. The number of aliphatic hydroxyl groups is 1. The second kappa shape index (κ2) is 12.2. The largest absolute Gasteiger partial charge is 0.487 e. The lowest BCUT2D eigenvalue weighted by molar-refractivity contribution is -0.135. The number of rotatable bonds is 7. The van der Waals surface area contributed by atoms with Crippen molar-refractivity contribution in [2.24, 2.45) is 11.8 Å². The molecule has 9 heteroatoms. The first-order valence-corrected chi connectivity index (χ1v) is 13.8. The minimum atomic E-state index is -3.91. The van der Waals surface area contributed by atoms with E-state index in [-0.39, 0.29) is 48.8 Å². The molecule has 1 amide bonds. The second-order valence-electron chi connectivity index (χ2n) is 9.77. The van der Waals surface area contributed by atoms with Gasteiger partial charge < -0.3 is 19.5 Å². The molecule has 35 heavy (non-hydrogen) atoms. The second-order valence-corrected chi connectivity index (χ2v) is 11.6. The van der Waals surface area contributed by atoms with Crippen LogP contribution in [0.4, 0.5) is 0 Å². The quantitative estimate of drug-likeness (QED) is 0.571. The van der Waals surface area contributed by atoms with Crippen molar-refractivity contribution in [1.29, 1.82) is 0 Å². The molecule has 1 heterocycles. The summed E-state index contributed by atoms with van der Waals surface area (Å²) in [5.41, 5.74) is 0.689. The Morgan fingerprint density at radius 3 is 2.71 bits per heavy atom. The summed E-state index contributed by atoms with van der Waals surface area (Å²) in [5, 5.41) is 9.77. The maximum absolute atomic E-state index is 13.6. The van der Waals surface area contributed by atoms with Crippen LogP contribution in [0.15, 0.2) is 23.1 Å². The van der Waals surface area contributed by atoms with E-state index in [4.69, 9.17) is 9.47 Å². The average molecular weight is 507 g/mol. The van der Waals surface area contributed by atoms with E-state index < -0.39 is 22.2 Å². The Balaban J connectivity index is 1.96. The van der Waals surface area contributed by atoms with Crippen LogP contribution in [0.5, 0.6) is 5.75 Å². The number of hydrogen-bond donors (Lipinski definition) is 1. The number of nitrogens with zero attached hydrogens (tertiary/aromatic N) is 2. The number of methoxy groups -OCH3 is 1. The monoisotopic (exact) mass is 506 g/mol. The van der Waals surface area contributed by atoms with Gasteiger partial charge in [-0.2, -0.15) is 4.31 Å². The van der Waals surface area contributed by atoms with Gasteiger partial charge in [-0.05, 0) is 43.9 Å². The summed E-state index contributed by atoms with van der Waals surface area (Å²) in [6, 6.07) is 4.32. The van der Waals surface area contributed by atoms with E-state index >= 15 is 0 Å². The van der Waals surface area contributed by atoms with Gasteiger partial charge >= 0.3 is 0 Å². The molecule has 3 rings (SSSR count). The SMILES string of the molecule is COCC(=O)N(C)C[C@H]1Oc2cc(C#CCC3CCCC3)ccc2S(=O)(=O)N([C@@H](C)CO)C[C@H]1C. The highest BCUT2D eigenvalue weighted by atomic mass is 32.2. The van der Waals surface area contributed by atoms with Gasteiger partial charge in [0.1, 0.15) is 23.4 Å². The number of likely N-dealkylation sites (N-methyl/N-ethyl adjacent to an activating group) is 1. The number of sulfonamides is 1. The molecule has 0 saturated heterocycles. The lowest BCUT2D eigenvalue weighted by Crippen LogP contribution is -2.50. The van der Waals surface area contributed by atoms with E-state index in [1.54, 1.807) is 26.1 Å². The average Bonchev–Trinajstić information content (AvgIpc) is 3.34. The fourth-order valence-electron chi connectivity index (χ4n) is 4.64. The number of aliphatic hydroxyl groups excluding tert-OH is 1. The van der Waals surface area contributed by atoms with Crippen molar-refractivity contribution in [2.75, 3.05) is 40.5 Å². The number of amides is 1. The van der Waals surface area contributed by atoms with Crippen molar-refractivity contribution in [3.63, 3.8) is 0 Å². The van der Waals surface area contributed by atoms with E-state index in [0.717, 1.165) is 6.42 Å². The molecule has 1 aliphatic heterocycles. The van der Waals surface area contributed by atoms with Gasteiger partial charge in [0.2, 0.25) is 15.9 Å². The third-order valence-electron chi connectivity index (χ3n) is 6.91. The molecule has 1 N–H and O–H groups in total. The van der Waals surface area contributed by atoms with Crippen LogP contribution in [0.1, 0.15) is 51.5 Å². The predicted molar refractivity (Wildman–Crippen MR) is 133 cm³/mol. The van der Waals surface area contributed by atoms with Crippen LogP contribution in [0, 0.1) is 23.7 Å². The van der Waals surface area contributed by atoms with E-state index in [2.05, 4.69) is 11.8 Å². The zero-order valence-electron chi connectivity index (χ0n) is 21.2. The minimum absolute atomic E-state index is 0.0434. The highest BCUT2D eigenvalue weighted by Gasteiger charge is 2.38. The van der Waals surface area contributed by atoms with Crippen LogP contribution in [-0.4, -0.2) is 81.2 Å². The zero-order chi connectivity index (χ0) is 25.6.